The van der Waals surface area contributed by atoms with Crippen LogP contribution in [-0.2, 0) is 4.74 Å². The van der Waals surface area contributed by atoms with E-state index in [9.17, 15) is 0 Å². The van der Waals surface area contributed by atoms with Crippen molar-refractivity contribution in [3.63, 3.8) is 0 Å². The predicted octanol–water partition coefficient (Wildman–Crippen LogP) is 2.14. The summed E-state index contributed by atoms with van der Waals surface area (Å²) in [5.74, 6) is 0.781. The van der Waals surface area contributed by atoms with Gasteiger partial charge in [-0.15, -0.1) is 0 Å². The van der Waals surface area contributed by atoms with Crippen molar-refractivity contribution in [1.29, 1.82) is 0 Å². The summed E-state index contributed by atoms with van der Waals surface area (Å²) in [5, 5.41) is 0. The zero-order valence-electron chi connectivity index (χ0n) is 11.1. The Morgan fingerprint density at radius 2 is 2.00 bits per heavy atom. The molecule has 1 unspecified atom stereocenters. The van der Waals surface area contributed by atoms with Crippen molar-refractivity contribution in [2.24, 2.45) is 0 Å². The van der Waals surface area contributed by atoms with E-state index in [0.29, 0.717) is 18.3 Å². The quantitative estimate of drug-likeness (QED) is 0.771. The normalized spacial score (nSPS) is 12.2. The fourth-order valence-electron chi connectivity index (χ4n) is 1.97. The van der Waals surface area contributed by atoms with Crippen LogP contribution in [0.2, 0.25) is 0 Å². The summed E-state index contributed by atoms with van der Waals surface area (Å²) in [6.45, 7) is 5.83. The molecule has 0 radical (unpaired) electrons. The molecule has 0 saturated heterocycles. The number of nitrogens with two attached hydrogens (primary N) is 1. The van der Waals surface area contributed by atoms with E-state index in [1.54, 1.807) is 14.2 Å². The molecule has 4 nitrogen and oxygen atoms in total. The number of ether oxygens (including phenoxy) is 2. The first-order chi connectivity index (χ1) is 8.12. The topological polar surface area (TPSA) is 47.7 Å². The minimum absolute atomic E-state index is 0.302. The molecule has 0 aliphatic rings. The van der Waals surface area contributed by atoms with Crippen LogP contribution in [0.15, 0.2) is 18.2 Å². The maximum absolute atomic E-state index is 5.86. The van der Waals surface area contributed by atoms with E-state index < -0.39 is 0 Å². The summed E-state index contributed by atoms with van der Waals surface area (Å²) < 4.78 is 10.4. The molecule has 0 aliphatic heterocycles. The highest BCUT2D eigenvalue weighted by Crippen LogP contribution is 2.26. The molecule has 1 atom stereocenters. The van der Waals surface area contributed by atoms with Gasteiger partial charge in [0.25, 0.3) is 0 Å². The van der Waals surface area contributed by atoms with Crippen molar-refractivity contribution in [2.75, 3.05) is 38.0 Å². The minimum atomic E-state index is 0.302. The van der Waals surface area contributed by atoms with Crippen LogP contribution in [0.3, 0.4) is 0 Å². The SMILES string of the molecule is CCN(c1cc(N)cc(OC)c1)C(C)COC. The van der Waals surface area contributed by atoms with Crippen LogP contribution in [0.5, 0.6) is 5.75 Å². The fourth-order valence-corrected chi connectivity index (χ4v) is 1.97. The highest BCUT2D eigenvalue weighted by atomic mass is 16.5. The van der Waals surface area contributed by atoms with Gasteiger partial charge in [-0.25, -0.2) is 0 Å². The number of benzene rings is 1. The number of methoxy groups -OCH3 is 2. The van der Waals surface area contributed by atoms with Crippen LogP contribution in [0.25, 0.3) is 0 Å². The Labute approximate surface area is 103 Å². The average Bonchev–Trinajstić information content (AvgIpc) is 2.29. The number of nitrogen functional groups attached to an aromatic ring is 1. The lowest BCUT2D eigenvalue weighted by Gasteiger charge is -2.30. The maximum Gasteiger partial charge on any atom is 0.122 e. The molecule has 0 spiro atoms. The Bertz CT molecular complexity index is 355. The third kappa shape index (κ3) is 3.53. The second kappa shape index (κ2) is 6.35. The summed E-state index contributed by atoms with van der Waals surface area (Å²) in [5.41, 5.74) is 7.64. The molecule has 0 fully saturated rings. The Kier molecular flexibility index (Phi) is 5.10. The summed E-state index contributed by atoms with van der Waals surface area (Å²) in [6.07, 6.45) is 0. The molecular weight excluding hydrogens is 216 g/mol. The van der Waals surface area contributed by atoms with E-state index in [1.807, 2.05) is 18.2 Å². The van der Waals surface area contributed by atoms with Gasteiger partial charge >= 0.3 is 0 Å². The smallest absolute Gasteiger partial charge is 0.122 e. The zero-order chi connectivity index (χ0) is 12.8. The van der Waals surface area contributed by atoms with E-state index in [4.69, 9.17) is 15.2 Å². The second-order valence-electron chi connectivity index (χ2n) is 4.05. The number of rotatable bonds is 6. The van der Waals surface area contributed by atoms with Gasteiger partial charge in [-0.05, 0) is 19.9 Å². The van der Waals surface area contributed by atoms with Crippen molar-refractivity contribution in [2.45, 2.75) is 19.9 Å². The summed E-state index contributed by atoms with van der Waals surface area (Å²) >= 11 is 0. The van der Waals surface area contributed by atoms with E-state index in [0.717, 1.165) is 18.0 Å². The van der Waals surface area contributed by atoms with Crippen molar-refractivity contribution in [1.82, 2.24) is 0 Å². The molecule has 0 amide bonds. The molecule has 0 saturated carbocycles. The third-order valence-electron chi connectivity index (χ3n) is 2.76. The van der Waals surface area contributed by atoms with Crippen LogP contribution in [0.1, 0.15) is 13.8 Å². The van der Waals surface area contributed by atoms with Gasteiger partial charge in [0.1, 0.15) is 5.75 Å². The molecule has 1 aromatic carbocycles. The lowest BCUT2D eigenvalue weighted by atomic mass is 10.2. The Balaban J connectivity index is 2.98. The molecule has 2 N–H and O–H groups in total. The van der Waals surface area contributed by atoms with Crippen LogP contribution in [-0.4, -0.2) is 33.4 Å². The third-order valence-corrected chi connectivity index (χ3v) is 2.76. The number of nitrogens with zero attached hydrogens (tertiary/aromatic N) is 1. The van der Waals surface area contributed by atoms with Gasteiger partial charge in [-0.1, -0.05) is 0 Å². The highest BCUT2D eigenvalue weighted by molar-refractivity contribution is 5.61. The first kappa shape index (κ1) is 13.6. The largest absolute Gasteiger partial charge is 0.497 e. The molecule has 96 valence electrons. The number of anilines is 2. The maximum atomic E-state index is 5.86. The van der Waals surface area contributed by atoms with Crippen molar-refractivity contribution in [3.05, 3.63) is 18.2 Å². The predicted molar refractivity (Wildman–Crippen MR) is 71.8 cm³/mol. The Morgan fingerprint density at radius 1 is 1.29 bits per heavy atom. The summed E-state index contributed by atoms with van der Waals surface area (Å²) in [6, 6.07) is 6.07. The monoisotopic (exact) mass is 238 g/mol. The number of likely N-dealkylation sites (N-methyl/N-ethyl adjacent to an activating group) is 1. The first-order valence-corrected chi connectivity index (χ1v) is 5.82. The number of hydrogen-bond donors (Lipinski definition) is 1. The van der Waals surface area contributed by atoms with Gasteiger partial charge < -0.3 is 20.1 Å². The van der Waals surface area contributed by atoms with Crippen molar-refractivity contribution < 1.29 is 9.47 Å². The Morgan fingerprint density at radius 3 is 2.53 bits per heavy atom. The highest BCUT2D eigenvalue weighted by Gasteiger charge is 2.13. The molecule has 1 rings (SSSR count). The van der Waals surface area contributed by atoms with Gasteiger partial charge in [0.2, 0.25) is 0 Å². The van der Waals surface area contributed by atoms with Crippen LogP contribution in [0, 0.1) is 0 Å². The van der Waals surface area contributed by atoms with E-state index >= 15 is 0 Å². The summed E-state index contributed by atoms with van der Waals surface area (Å²) in [7, 11) is 3.36. The van der Waals surface area contributed by atoms with Crippen LogP contribution in [0.4, 0.5) is 11.4 Å². The Hall–Kier alpha value is -1.42. The molecule has 0 heterocycles. The minimum Gasteiger partial charge on any atom is -0.497 e. The molecule has 0 aromatic heterocycles. The van der Waals surface area contributed by atoms with Crippen LogP contribution < -0.4 is 15.4 Å². The average molecular weight is 238 g/mol. The molecule has 1 aromatic rings. The van der Waals surface area contributed by atoms with Crippen molar-refractivity contribution >= 4 is 11.4 Å². The lowest BCUT2D eigenvalue weighted by molar-refractivity contribution is 0.182. The van der Waals surface area contributed by atoms with Crippen molar-refractivity contribution in [3.8, 4) is 5.75 Å². The van der Waals surface area contributed by atoms with E-state index in [2.05, 4.69) is 18.7 Å². The standard InChI is InChI=1S/C13H22N2O2/c1-5-15(10(2)9-16-3)12-6-11(14)7-13(8-12)17-4/h6-8,10H,5,9,14H2,1-4H3. The second-order valence-corrected chi connectivity index (χ2v) is 4.05. The van der Waals surface area contributed by atoms with Gasteiger partial charge in [-0.3, -0.25) is 0 Å². The zero-order valence-corrected chi connectivity index (χ0v) is 11.1. The van der Waals surface area contributed by atoms with E-state index in [-0.39, 0.29) is 0 Å². The fraction of sp³-hybridized carbons (Fsp3) is 0.538. The summed E-state index contributed by atoms with van der Waals surface area (Å²) in [4.78, 5) is 2.24. The van der Waals surface area contributed by atoms with Gasteiger partial charge in [0, 0.05) is 43.2 Å². The molecule has 17 heavy (non-hydrogen) atoms. The van der Waals surface area contributed by atoms with Crippen LogP contribution >= 0.6 is 0 Å². The molecule has 4 heteroatoms. The molecule has 0 bridgehead atoms. The van der Waals surface area contributed by atoms with E-state index in [1.165, 1.54) is 0 Å². The molecular formula is C13H22N2O2. The lowest BCUT2D eigenvalue weighted by Crippen LogP contribution is -2.36. The first-order valence-electron chi connectivity index (χ1n) is 5.82. The number of hydrogen-bond acceptors (Lipinski definition) is 4. The van der Waals surface area contributed by atoms with Gasteiger partial charge in [0.05, 0.1) is 13.7 Å². The van der Waals surface area contributed by atoms with Gasteiger partial charge in [-0.2, -0.15) is 0 Å². The van der Waals surface area contributed by atoms with Gasteiger partial charge in [0.15, 0.2) is 0 Å². The molecule has 0 aliphatic carbocycles.